The van der Waals surface area contributed by atoms with Crippen molar-refractivity contribution in [1.29, 1.82) is 0 Å². The van der Waals surface area contributed by atoms with Gasteiger partial charge in [-0.1, -0.05) is 54.1 Å². The van der Waals surface area contributed by atoms with E-state index in [9.17, 15) is 22.8 Å². The van der Waals surface area contributed by atoms with E-state index in [4.69, 9.17) is 16.3 Å². The molecule has 0 bridgehead atoms. The number of Topliss-reactive ketones (excluding diaryl/α,β-unsaturated/α-hetero) is 1. The Kier molecular flexibility index (Phi) is 6.27. The molecule has 5 nitrogen and oxygen atoms in total. The third-order valence-electron chi connectivity index (χ3n) is 5.78. The van der Waals surface area contributed by atoms with E-state index >= 15 is 0 Å². The minimum Gasteiger partial charge on any atom is -0.497 e. The smallest absolute Gasteiger partial charge is 0.416 e. The second-order valence-corrected chi connectivity index (χ2v) is 8.33. The van der Waals surface area contributed by atoms with Gasteiger partial charge in [-0.15, -0.1) is 0 Å². The number of hydrogen-bond acceptors (Lipinski definition) is 3. The van der Waals surface area contributed by atoms with E-state index in [0.29, 0.717) is 11.3 Å². The lowest BCUT2D eigenvalue weighted by Crippen LogP contribution is -2.63. The van der Waals surface area contributed by atoms with E-state index in [1.807, 2.05) is 0 Å². The molecule has 0 saturated heterocycles. The van der Waals surface area contributed by atoms with Gasteiger partial charge in [-0.05, 0) is 35.9 Å². The summed E-state index contributed by atoms with van der Waals surface area (Å²) in [6, 6.07) is 17.4. The summed E-state index contributed by atoms with van der Waals surface area (Å²) in [4.78, 5) is 27.2. The molecule has 1 atom stereocenters. The van der Waals surface area contributed by atoms with Crippen LogP contribution in [0, 0.1) is 0 Å². The number of amides is 2. The second kappa shape index (κ2) is 9.02. The molecule has 4 rings (SSSR count). The van der Waals surface area contributed by atoms with Crippen LogP contribution in [0.25, 0.3) is 0 Å². The summed E-state index contributed by atoms with van der Waals surface area (Å²) in [5, 5.41) is 2.16. The molecular formula is C25H20ClF3N2O3. The fourth-order valence-electron chi connectivity index (χ4n) is 4.01. The third-order valence-corrected chi connectivity index (χ3v) is 6.01. The zero-order valence-corrected chi connectivity index (χ0v) is 18.8. The van der Waals surface area contributed by atoms with Gasteiger partial charge in [0.2, 0.25) is 0 Å². The Hall–Kier alpha value is -3.52. The van der Waals surface area contributed by atoms with Crippen LogP contribution in [0.15, 0.2) is 72.8 Å². The lowest BCUT2D eigenvalue weighted by Gasteiger charge is -2.44. The van der Waals surface area contributed by atoms with Gasteiger partial charge in [0.05, 0.1) is 19.3 Å². The predicted molar refractivity (Wildman–Crippen MR) is 122 cm³/mol. The molecule has 176 valence electrons. The number of benzene rings is 3. The third kappa shape index (κ3) is 4.33. The molecule has 9 heteroatoms. The molecule has 3 aromatic rings. The Morgan fingerprint density at radius 2 is 1.74 bits per heavy atom. The Balaban J connectivity index is 1.79. The topological polar surface area (TPSA) is 58.6 Å². The van der Waals surface area contributed by atoms with Crippen LogP contribution < -0.4 is 15.0 Å². The highest BCUT2D eigenvalue weighted by Crippen LogP contribution is 2.49. The van der Waals surface area contributed by atoms with Crippen molar-refractivity contribution in [2.24, 2.45) is 0 Å². The average molecular weight is 489 g/mol. The maximum atomic E-state index is 14.7. The fraction of sp³-hybridized carbons (Fsp3) is 0.200. The van der Waals surface area contributed by atoms with E-state index < -0.39 is 30.0 Å². The van der Waals surface area contributed by atoms with E-state index in [2.05, 4.69) is 5.32 Å². The number of rotatable bonds is 6. The van der Waals surface area contributed by atoms with Crippen molar-refractivity contribution in [3.05, 3.63) is 94.5 Å². The maximum absolute atomic E-state index is 14.7. The molecule has 1 heterocycles. The van der Waals surface area contributed by atoms with Gasteiger partial charge < -0.3 is 10.1 Å². The summed E-state index contributed by atoms with van der Waals surface area (Å²) in [5.41, 5.74) is -2.40. The number of nitrogens with one attached hydrogen (secondary N) is 1. The lowest BCUT2D eigenvalue weighted by atomic mass is 9.80. The molecule has 0 aliphatic carbocycles. The molecule has 0 radical (unpaired) electrons. The number of nitrogens with zero attached hydrogens (tertiary/aromatic N) is 1. The summed E-state index contributed by atoms with van der Waals surface area (Å²) < 4.78 is 49.1. The largest absolute Gasteiger partial charge is 0.497 e. The molecule has 0 aromatic heterocycles. The Morgan fingerprint density at radius 1 is 1.06 bits per heavy atom. The highest BCUT2D eigenvalue weighted by atomic mass is 35.5. The van der Waals surface area contributed by atoms with Crippen LogP contribution in [0.5, 0.6) is 5.75 Å². The normalized spacial score (nSPS) is 17.7. The van der Waals surface area contributed by atoms with Crippen LogP contribution in [-0.2, 0) is 12.1 Å². The van der Waals surface area contributed by atoms with Gasteiger partial charge in [-0.25, -0.2) is 4.79 Å². The van der Waals surface area contributed by atoms with Crippen LogP contribution in [0.4, 0.5) is 23.7 Å². The molecule has 1 aliphatic rings. The SMILES string of the molecule is COc1ccc(CN2C(=O)NC(CC(=O)c3ccccc3)(C(F)(F)F)c3cc(Cl)ccc32)cc1. The number of alkyl halides is 3. The van der Waals surface area contributed by atoms with Crippen LogP contribution in [0.3, 0.4) is 0 Å². The van der Waals surface area contributed by atoms with Crippen molar-refractivity contribution >= 4 is 29.1 Å². The van der Waals surface area contributed by atoms with Crippen molar-refractivity contribution in [3.63, 3.8) is 0 Å². The summed E-state index contributed by atoms with van der Waals surface area (Å²) in [5.74, 6) is -0.151. The Bertz CT molecular complexity index is 1220. The van der Waals surface area contributed by atoms with Crippen LogP contribution in [0.2, 0.25) is 5.02 Å². The zero-order valence-electron chi connectivity index (χ0n) is 18.0. The predicted octanol–water partition coefficient (Wildman–Crippen LogP) is 6.11. The minimum atomic E-state index is -4.97. The first kappa shape index (κ1) is 23.6. The van der Waals surface area contributed by atoms with Crippen LogP contribution >= 0.6 is 11.6 Å². The molecule has 1 N–H and O–H groups in total. The van der Waals surface area contributed by atoms with E-state index in [1.165, 1.54) is 36.3 Å². The van der Waals surface area contributed by atoms with Crippen LogP contribution in [0.1, 0.15) is 27.9 Å². The summed E-state index contributed by atoms with van der Waals surface area (Å²) in [6.07, 6.45) is -5.98. The maximum Gasteiger partial charge on any atom is 0.416 e. The lowest BCUT2D eigenvalue weighted by molar-refractivity contribution is -0.196. The van der Waals surface area contributed by atoms with Crippen molar-refractivity contribution in [1.82, 2.24) is 5.32 Å². The van der Waals surface area contributed by atoms with E-state index in [-0.39, 0.29) is 28.4 Å². The highest BCUT2D eigenvalue weighted by molar-refractivity contribution is 6.30. The van der Waals surface area contributed by atoms with E-state index in [0.717, 1.165) is 6.07 Å². The van der Waals surface area contributed by atoms with Gasteiger partial charge in [0.15, 0.2) is 11.3 Å². The average Bonchev–Trinajstić information content (AvgIpc) is 2.81. The first-order chi connectivity index (χ1) is 16.1. The molecule has 0 spiro atoms. The van der Waals surface area contributed by atoms with Gasteiger partial charge >= 0.3 is 12.2 Å². The van der Waals surface area contributed by atoms with Crippen molar-refractivity contribution in [3.8, 4) is 5.75 Å². The Morgan fingerprint density at radius 3 is 2.35 bits per heavy atom. The number of anilines is 1. The number of fused-ring (bicyclic) bond motifs is 1. The van der Waals surface area contributed by atoms with Gasteiger partial charge in [0, 0.05) is 22.6 Å². The fourth-order valence-corrected chi connectivity index (χ4v) is 4.18. The second-order valence-electron chi connectivity index (χ2n) is 7.89. The molecule has 0 saturated carbocycles. The zero-order chi connectivity index (χ0) is 24.5. The van der Waals surface area contributed by atoms with Crippen molar-refractivity contribution in [2.45, 2.75) is 24.7 Å². The van der Waals surface area contributed by atoms with Gasteiger partial charge in [0.25, 0.3) is 0 Å². The van der Waals surface area contributed by atoms with E-state index in [1.54, 1.807) is 42.5 Å². The number of urea groups is 1. The molecule has 34 heavy (non-hydrogen) atoms. The van der Waals surface area contributed by atoms with Crippen molar-refractivity contribution < 1.29 is 27.5 Å². The molecule has 1 aliphatic heterocycles. The molecule has 3 aromatic carbocycles. The molecule has 2 amide bonds. The first-order valence-corrected chi connectivity index (χ1v) is 10.7. The Labute approximate surface area is 199 Å². The van der Waals surface area contributed by atoms with Gasteiger partial charge in [-0.2, -0.15) is 13.2 Å². The van der Waals surface area contributed by atoms with Gasteiger partial charge in [-0.3, -0.25) is 9.69 Å². The van der Waals surface area contributed by atoms with Crippen LogP contribution in [-0.4, -0.2) is 25.1 Å². The summed E-state index contributed by atoms with van der Waals surface area (Å²) in [7, 11) is 1.51. The molecule has 1 unspecified atom stereocenters. The highest BCUT2D eigenvalue weighted by Gasteiger charge is 2.61. The number of halogens is 4. The summed E-state index contributed by atoms with van der Waals surface area (Å²) in [6.45, 7) is 0.00499. The minimum absolute atomic E-state index is 0.00499. The molecule has 0 fully saturated rings. The molecular weight excluding hydrogens is 469 g/mol. The quantitative estimate of drug-likeness (QED) is 0.426. The standard InChI is InChI=1S/C25H20ClF3N2O3/c1-34-19-10-7-16(8-11-19)15-31-21-12-9-18(26)13-20(21)24(25(27,28)29,30-23(31)33)14-22(32)17-5-3-2-4-6-17/h2-13H,14-15H2,1H3,(H,30,33). The van der Waals surface area contributed by atoms with Gasteiger partial charge in [0.1, 0.15) is 5.75 Å². The monoisotopic (exact) mass is 488 g/mol. The first-order valence-electron chi connectivity index (χ1n) is 10.3. The number of carbonyl (C=O) groups excluding carboxylic acids is 2. The number of ether oxygens (including phenoxy) is 1. The number of carbonyl (C=O) groups is 2. The number of hydrogen-bond donors (Lipinski definition) is 1. The number of ketones is 1. The summed E-state index contributed by atoms with van der Waals surface area (Å²) >= 11 is 6.09. The number of methoxy groups -OCH3 is 1. The van der Waals surface area contributed by atoms with Crippen molar-refractivity contribution in [2.75, 3.05) is 12.0 Å².